The second kappa shape index (κ2) is 8.63. The molecule has 1 heterocycles. The molecular formula is C18H24N2O2. The maximum absolute atomic E-state index is 9.55. The molecule has 0 aliphatic carbocycles. The summed E-state index contributed by atoms with van der Waals surface area (Å²) in [6.45, 7) is 3.00. The minimum absolute atomic E-state index is 0.0551. The number of aromatic nitrogens is 1. The van der Waals surface area contributed by atoms with Crippen LogP contribution in [0.1, 0.15) is 29.8 Å². The largest absolute Gasteiger partial charge is 0.396 e. The third-order valence-corrected chi connectivity index (χ3v) is 3.83. The van der Waals surface area contributed by atoms with Gasteiger partial charge in [0.25, 0.3) is 0 Å². The van der Waals surface area contributed by atoms with E-state index in [1.807, 2.05) is 42.5 Å². The van der Waals surface area contributed by atoms with Crippen LogP contribution < -0.4 is 5.32 Å². The average Bonchev–Trinajstić information content (AvgIpc) is 2.59. The number of aliphatic hydroxyl groups excluding tert-OH is 2. The topological polar surface area (TPSA) is 65.4 Å². The first-order chi connectivity index (χ1) is 10.7. The molecule has 118 valence electrons. The Balaban J connectivity index is 1.89. The van der Waals surface area contributed by atoms with Crippen molar-refractivity contribution >= 4 is 0 Å². The summed E-state index contributed by atoms with van der Waals surface area (Å²) in [7, 11) is 0. The van der Waals surface area contributed by atoms with Crippen molar-refractivity contribution in [2.24, 2.45) is 5.92 Å². The number of benzene rings is 1. The van der Waals surface area contributed by atoms with Crippen molar-refractivity contribution in [3.05, 3.63) is 65.5 Å². The number of nitrogens with one attached hydrogen (secondary N) is 1. The van der Waals surface area contributed by atoms with Gasteiger partial charge in [0.2, 0.25) is 0 Å². The Hall–Kier alpha value is -1.75. The van der Waals surface area contributed by atoms with Gasteiger partial charge in [-0.3, -0.25) is 4.98 Å². The third-order valence-electron chi connectivity index (χ3n) is 3.83. The molecule has 1 aromatic carbocycles. The maximum Gasteiger partial charge on any atom is 0.0681 e. The summed E-state index contributed by atoms with van der Waals surface area (Å²) in [5.74, 6) is 0.137. The van der Waals surface area contributed by atoms with E-state index < -0.39 is 0 Å². The smallest absolute Gasteiger partial charge is 0.0681 e. The van der Waals surface area contributed by atoms with E-state index in [2.05, 4.69) is 17.2 Å². The van der Waals surface area contributed by atoms with Crippen LogP contribution >= 0.6 is 0 Å². The Morgan fingerprint density at radius 2 is 2.00 bits per heavy atom. The minimum atomic E-state index is 0.0551. The fourth-order valence-electron chi connectivity index (χ4n) is 2.44. The van der Waals surface area contributed by atoms with E-state index in [0.717, 1.165) is 29.8 Å². The fourth-order valence-corrected chi connectivity index (χ4v) is 2.44. The Labute approximate surface area is 131 Å². The van der Waals surface area contributed by atoms with Crippen LogP contribution in [0.15, 0.2) is 48.7 Å². The van der Waals surface area contributed by atoms with Gasteiger partial charge in [-0.1, -0.05) is 30.3 Å². The molecule has 0 bridgehead atoms. The van der Waals surface area contributed by atoms with Gasteiger partial charge in [0, 0.05) is 31.1 Å². The molecular weight excluding hydrogens is 276 g/mol. The lowest BCUT2D eigenvalue weighted by Crippen LogP contribution is -2.29. The molecule has 2 rings (SSSR count). The lowest BCUT2D eigenvalue weighted by Gasteiger charge is -2.20. The highest BCUT2D eigenvalue weighted by Gasteiger charge is 2.12. The van der Waals surface area contributed by atoms with Gasteiger partial charge in [-0.05, 0) is 42.5 Å². The van der Waals surface area contributed by atoms with Crippen molar-refractivity contribution in [2.75, 3.05) is 13.2 Å². The summed E-state index contributed by atoms with van der Waals surface area (Å²) in [5.41, 5.74) is 3.05. The fraction of sp³-hybridized carbons (Fsp3) is 0.389. The van der Waals surface area contributed by atoms with Crippen LogP contribution in [-0.2, 0) is 13.0 Å². The number of nitrogens with zero attached hydrogens (tertiary/aromatic N) is 1. The van der Waals surface area contributed by atoms with E-state index in [1.54, 1.807) is 6.20 Å². The van der Waals surface area contributed by atoms with Crippen LogP contribution in [0, 0.1) is 5.92 Å². The molecule has 2 unspecified atom stereocenters. The molecule has 3 N–H and O–H groups in total. The summed E-state index contributed by atoms with van der Waals surface area (Å²) >= 11 is 0. The molecule has 0 saturated carbocycles. The molecule has 0 amide bonds. The number of hydrogen-bond donors (Lipinski definition) is 3. The van der Waals surface area contributed by atoms with Crippen molar-refractivity contribution in [1.29, 1.82) is 0 Å². The van der Waals surface area contributed by atoms with Crippen LogP contribution in [-0.4, -0.2) is 28.3 Å². The summed E-state index contributed by atoms with van der Waals surface area (Å²) in [4.78, 5) is 4.31. The summed E-state index contributed by atoms with van der Waals surface area (Å²) in [6.07, 6.45) is 2.54. The van der Waals surface area contributed by atoms with E-state index >= 15 is 0 Å². The SMILES string of the molecule is CC(NCC(CO)Cc1ccccn1)c1cccc(CO)c1. The quantitative estimate of drug-likeness (QED) is 0.698. The standard InChI is InChI=1S/C18H24N2O2/c1-14(17-6-4-5-15(9-17)12-21)20-11-16(13-22)10-18-7-2-3-8-19-18/h2-9,14,16,20-22H,10-13H2,1H3. The molecule has 0 aliphatic rings. The lowest BCUT2D eigenvalue weighted by molar-refractivity contribution is 0.218. The van der Waals surface area contributed by atoms with Gasteiger partial charge in [-0.15, -0.1) is 0 Å². The van der Waals surface area contributed by atoms with Crippen molar-refractivity contribution in [3.8, 4) is 0 Å². The monoisotopic (exact) mass is 300 g/mol. The predicted octanol–water partition coefficient (Wildman–Crippen LogP) is 2.08. The number of aliphatic hydroxyl groups is 2. The van der Waals surface area contributed by atoms with E-state index in [0.29, 0.717) is 0 Å². The molecule has 4 heteroatoms. The molecule has 4 nitrogen and oxygen atoms in total. The third kappa shape index (κ3) is 4.91. The molecule has 0 spiro atoms. The van der Waals surface area contributed by atoms with Crippen LogP contribution in [0.4, 0.5) is 0 Å². The second-order valence-corrected chi connectivity index (χ2v) is 5.61. The molecule has 0 radical (unpaired) electrons. The van der Waals surface area contributed by atoms with E-state index in [4.69, 9.17) is 0 Å². The normalized spacial score (nSPS) is 13.8. The van der Waals surface area contributed by atoms with E-state index in [-0.39, 0.29) is 25.2 Å². The van der Waals surface area contributed by atoms with Crippen molar-refractivity contribution in [2.45, 2.75) is 26.0 Å². The zero-order valence-corrected chi connectivity index (χ0v) is 12.9. The first-order valence-corrected chi connectivity index (χ1v) is 7.66. The Kier molecular flexibility index (Phi) is 6.52. The molecule has 0 saturated heterocycles. The van der Waals surface area contributed by atoms with Gasteiger partial charge in [-0.2, -0.15) is 0 Å². The maximum atomic E-state index is 9.55. The van der Waals surface area contributed by atoms with Gasteiger partial charge in [0.05, 0.1) is 6.61 Å². The highest BCUT2D eigenvalue weighted by molar-refractivity contribution is 5.25. The average molecular weight is 300 g/mol. The van der Waals surface area contributed by atoms with Crippen LogP contribution in [0.3, 0.4) is 0 Å². The van der Waals surface area contributed by atoms with Gasteiger partial charge in [0.1, 0.15) is 0 Å². The summed E-state index contributed by atoms with van der Waals surface area (Å²) in [6, 6.07) is 13.9. The van der Waals surface area contributed by atoms with Crippen LogP contribution in [0.5, 0.6) is 0 Å². The Morgan fingerprint density at radius 3 is 2.68 bits per heavy atom. The molecule has 0 aliphatic heterocycles. The summed E-state index contributed by atoms with van der Waals surface area (Å²) in [5, 5.41) is 22.2. The minimum Gasteiger partial charge on any atom is -0.396 e. The first-order valence-electron chi connectivity index (χ1n) is 7.66. The highest BCUT2D eigenvalue weighted by atomic mass is 16.3. The first kappa shape index (κ1) is 16.6. The molecule has 0 fully saturated rings. The number of hydrogen-bond acceptors (Lipinski definition) is 4. The van der Waals surface area contributed by atoms with Crippen molar-refractivity contribution in [1.82, 2.24) is 10.3 Å². The van der Waals surface area contributed by atoms with Gasteiger partial charge >= 0.3 is 0 Å². The lowest BCUT2D eigenvalue weighted by atomic mass is 10.0. The summed E-state index contributed by atoms with van der Waals surface area (Å²) < 4.78 is 0. The van der Waals surface area contributed by atoms with Crippen LogP contribution in [0.25, 0.3) is 0 Å². The van der Waals surface area contributed by atoms with Crippen molar-refractivity contribution in [3.63, 3.8) is 0 Å². The number of pyridine rings is 1. The zero-order chi connectivity index (χ0) is 15.8. The highest BCUT2D eigenvalue weighted by Crippen LogP contribution is 2.15. The van der Waals surface area contributed by atoms with Crippen LogP contribution in [0.2, 0.25) is 0 Å². The van der Waals surface area contributed by atoms with Gasteiger partial charge in [0.15, 0.2) is 0 Å². The molecule has 1 aromatic heterocycles. The van der Waals surface area contributed by atoms with Crippen molar-refractivity contribution < 1.29 is 10.2 Å². The Morgan fingerprint density at radius 1 is 1.14 bits per heavy atom. The molecule has 22 heavy (non-hydrogen) atoms. The predicted molar refractivity (Wildman–Crippen MR) is 87.3 cm³/mol. The number of rotatable bonds is 8. The zero-order valence-electron chi connectivity index (χ0n) is 12.9. The second-order valence-electron chi connectivity index (χ2n) is 5.61. The van der Waals surface area contributed by atoms with Gasteiger partial charge < -0.3 is 15.5 Å². The van der Waals surface area contributed by atoms with Gasteiger partial charge in [-0.25, -0.2) is 0 Å². The Bertz CT molecular complexity index is 560. The van der Waals surface area contributed by atoms with E-state index in [9.17, 15) is 10.2 Å². The molecule has 2 aromatic rings. The van der Waals surface area contributed by atoms with E-state index in [1.165, 1.54) is 0 Å². The molecule has 2 atom stereocenters.